The van der Waals surface area contributed by atoms with Crippen molar-refractivity contribution < 1.29 is 29.3 Å². The van der Waals surface area contributed by atoms with Gasteiger partial charge in [0.15, 0.2) is 6.04 Å². The van der Waals surface area contributed by atoms with Crippen molar-refractivity contribution in [1.29, 1.82) is 0 Å². The second-order valence-electron chi connectivity index (χ2n) is 3.59. The molecule has 0 aliphatic heterocycles. The molecule has 1 aromatic rings. The Morgan fingerprint density at radius 3 is 2.53 bits per heavy atom. The molecule has 1 aromatic heterocycles. The van der Waals surface area contributed by atoms with Crippen molar-refractivity contribution in [3.63, 3.8) is 0 Å². The highest BCUT2D eigenvalue weighted by Gasteiger charge is 2.39. The number of hydrogen-bond acceptors (Lipinski definition) is 4. The predicted octanol–water partition coefficient (Wildman–Crippen LogP) is 0.856. The molecule has 0 spiro atoms. The average molecular weight is 287 g/mol. The summed E-state index contributed by atoms with van der Waals surface area (Å²) in [5.41, 5.74) is 0.142. The predicted molar refractivity (Wildman–Crippen MR) is 64.8 cm³/mol. The summed E-state index contributed by atoms with van der Waals surface area (Å²) in [7, 11) is -2.97. The maximum atomic E-state index is 11.3. The Morgan fingerprint density at radius 2 is 2.11 bits per heavy atom. The van der Waals surface area contributed by atoms with E-state index in [-0.39, 0.29) is 12.1 Å². The average Bonchev–Trinajstić information content (AvgIpc) is 2.34. The number of hydrogen-bond donors (Lipinski definition) is 3. The van der Waals surface area contributed by atoms with Crippen molar-refractivity contribution in [2.24, 2.45) is 0 Å². The summed E-state index contributed by atoms with van der Waals surface area (Å²) in [5.74, 6) is -2.55. The minimum atomic E-state index is -2.97. The monoisotopic (exact) mass is 287 g/mol. The minimum absolute atomic E-state index is 0.142. The SMILES string of the molecule is O=C(O)CCC(C(=O)O)N(c1cccnc1)[P+](=O)O. The van der Waals surface area contributed by atoms with E-state index in [2.05, 4.69) is 4.98 Å². The first-order valence-corrected chi connectivity index (χ1v) is 6.40. The first-order valence-electron chi connectivity index (χ1n) is 5.23. The Kier molecular flexibility index (Phi) is 5.35. The number of aromatic nitrogens is 1. The number of carboxylic acid groups (broad SMARTS) is 2. The van der Waals surface area contributed by atoms with Crippen molar-refractivity contribution >= 4 is 25.8 Å². The molecule has 0 saturated heterocycles. The fourth-order valence-corrected chi connectivity index (χ4v) is 2.27. The molecule has 0 saturated carbocycles. The van der Waals surface area contributed by atoms with Gasteiger partial charge in [-0.25, -0.2) is 4.79 Å². The van der Waals surface area contributed by atoms with Gasteiger partial charge in [0.1, 0.15) is 5.69 Å². The van der Waals surface area contributed by atoms with Gasteiger partial charge in [-0.15, -0.1) is 9.56 Å². The largest absolute Gasteiger partial charge is 0.644 e. The molecule has 3 N–H and O–H groups in total. The third-order valence-corrected chi connectivity index (χ3v) is 3.19. The van der Waals surface area contributed by atoms with Crippen LogP contribution in [0.25, 0.3) is 0 Å². The van der Waals surface area contributed by atoms with Crippen LogP contribution in [0.15, 0.2) is 24.5 Å². The molecule has 0 aliphatic rings. The zero-order valence-corrected chi connectivity index (χ0v) is 10.6. The van der Waals surface area contributed by atoms with Crippen molar-refractivity contribution in [3.05, 3.63) is 24.5 Å². The lowest BCUT2D eigenvalue weighted by Crippen LogP contribution is -2.37. The van der Waals surface area contributed by atoms with Crippen molar-refractivity contribution in [1.82, 2.24) is 4.98 Å². The molecule has 1 rings (SSSR count). The Morgan fingerprint density at radius 1 is 1.42 bits per heavy atom. The zero-order valence-electron chi connectivity index (χ0n) is 9.71. The van der Waals surface area contributed by atoms with Gasteiger partial charge in [-0.1, -0.05) is 0 Å². The number of carboxylic acids is 2. The highest BCUT2D eigenvalue weighted by Crippen LogP contribution is 2.33. The number of pyridine rings is 1. The normalized spacial score (nSPS) is 12.6. The van der Waals surface area contributed by atoms with E-state index in [0.717, 1.165) is 4.67 Å². The van der Waals surface area contributed by atoms with E-state index >= 15 is 0 Å². The van der Waals surface area contributed by atoms with Crippen LogP contribution in [0, 0.1) is 0 Å². The van der Waals surface area contributed by atoms with Crippen molar-refractivity contribution in [2.75, 3.05) is 4.67 Å². The molecule has 0 radical (unpaired) electrons. The van der Waals surface area contributed by atoms with Crippen molar-refractivity contribution in [2.45, 2.75) is 18.9 Å². The van der Waals surface area contributed by atoms with E-state index in [1.807, 2.05) is 0 Å². The van der Waals surface area contributed by atoms with Crippen LogP contribution in [0.2, 0.25) is 0 Å². The fraction of sp³-hybridized carbons (Fsp3) is 0.300. The van der Waals surface area contributed by atoms with E-state index in [1.54, 1.807) is 0 Å². The molecule has 19 heavy (non-hydrogen) atoms. The molecule has 0 aliphatic carbocycles. The van der Waals surface area contributed by atoms with Crippen LogP contribution >= 0.6 is 8.18 Å². The summed E-state index contributed by atoms with van der Waals surface area (Å²) in [6.07, 6.45) is 1.96. The van der Waals surface area contributed by atoms with Gasteiger partial charge in [-0.05, 0) is 23.1 Å². The molecule has 0 amide bonds. The van der Waals surface area contributed by atoms with Crippen LogP contribution in [-0.4, -0.2) is 38.1 Å². The lowest BCUT2D eigenvalue weighted by molar-refractivity contribution is -0.139. The summed E-state index contributed by atoms with van der Waals surface area (Å²) < 4.78 is 12.1. The van der Waals surface area contributed by atoms with E-state index in [4.69, 9.17) is 10.2 Å². The molecule has 0 aromatic carbocycles. The van der Waals surface area contributed by atoms with Gasteiger partial charge in [0.25, 0.3) is 0 Å². The Balaban J connectivity index is 3.03. The van der Waals surface area contributed by atoms with Crippen LogP contribution in [0.5, 0.6) is 0 Å². The molecule has 1 heterocycles. The number of aliphatic carboxylic acids is 2. The zero-order chi connectivity index (χ0) is 14.4. The van der Waals surface area contributed by atoms with Crippen LogP contribution in [-0.2, 0) is 14.2 Å². The molecular formula is C10H12N2O6P+. The molecule has 0 bridgehead atoms. The number of nitrogens with zero attached hydrogens (tertiary/aromatic N) is 2. The summed E-state index contributed by atoms with van der Waals surface area (Å²) >= 11 is 0. The van der Waals surface area contributed by atoms with Gasteiger partial charge in [0, 0.05) is 12.6 Å². The second kappa shape index (κ2) is 6.77. The molecule has 102 valence electrons. The number of carbonyl (C=O) groups is 2. The molecule has 9 heteroatoms. The Bertz CT molecular complexity index is 480. The lowest BCUT2D eigenvalue weighted by Gasteiger charge is -2.17. The topological polar surface area (TPSA) is 128 Å². The van der Waals surface area contributed by atoms with Gasteiger partial charge >= 0.3 is 20.1 Å². The van der Waals surface area contributed by atoms with Gasteiger partial charge in [-0.3, -0.25) is 9.78 Å². The molecular weight excluding hydrogens is 275 g/mol. The Hall–Kier alpha value is -2.05. The summed E-state index contributed by atoms with van der Waals surface area (Å²) in [4.78, 5) is 34.6. The highest BCUT2D eigenvalue weighted by atomic mass is 31.1. The number of rotatable bonds is 7. The van der Waals surface area contributed by atoms with Crippen molar-refractivity contribution in [3.8, 4) is 0 Å². The van der Waals surface area contributed by atoms with Crippen LogP contribution in [0.4, 0.5) is 5.69 Å². The molecule has 2 atom stereocenters. The lowest BCUT2D eigenvalue weighted by atomic mass is 10.1. The first kappa shape index (κ1) is 15.0. The van der Waals surface area contributed by atoms with E-state index < -0.39 is 32.6 Å². The quantitative estimate of drug-likeness (QED) is 0.630. The van der Waals surface area contributed by atoms with Crippen LogP contribution in [0.1, 0.15) is 12.8 Å². The minimum Gasteiger partial charge on any atom is -0.481 e. The van der Waals surface area contributed by atoms with Crippen LogP contribution in [0.3, 0.4) is 0 Å². The van der Waals surface area contributed by atoms with E-state index in [0.29, 0.717) is 0 Å². The smallest absolute Gasteiger partial charge is 0.481 e. The summed E-state index contributed by atoms with van der Waals surface area (Å²) in [5, 5.41) is 17.6. The van der Waals surface area contributed by atoms with Gasteiger partial charge in [0.2, 0.25) is 0 Å². The standard InChI is InChI=1S/C10H11N2O6P/c13-9(14)4-3-8(10(15)16)12(19(17)18)7-2-1-5-11-6-7/h1-2,5-6,8H,3-4H2,(H2-,13,14,15,16,17,18)/p+1. The molecule has 0 fully saturated rings. The van der Waals surface area contributed by atoms with Gasteiger partial charge in [-0.2, -0.15) is 0 Å². The maximum Gasteiger partial charge on any atom is 0.644 e. The third kappa shape index (κ3) is 4.27. The van der Waals surface area contributed by atoms with Gasteiger partial charge in [0.05, 0.1) is 6.20 Å². The summed E-state index contributed by atoms with van der Waals surface area (Å²) in [6, 6.07) is 1.50. The second-order valence-corrected chi connectivity index (χ2v) is 4.53. The summed E-state index contributed by atoms with van der Waals surface area (Å²) in [6.45, 7) is 0. The highest BCUT2D eigenvalue weighted by molar-refractivity contribution is 7.40. The maximum absolute atomic E-state index is 11.3. The van der Waals surface area contributed by atoms with E-state index in [9.17, 15) is 19.0 Å². The molecule has 8 nitrogen and oxygen atoms in total. The Labute approximate surface area is 109 Å². The first-order chi connectivity index (χ1) is 8.93. The fourth-order valence-electron chi connectivity index (χ4n) is 1.50. The number of anilines is 1. The third-order valence-electron chi connectivity index (χ3n) is 2.31. The molecule has 2 unspecified atom stereocenters. The van der Waals surface area contributed by atoms with Crippen LogP contribution < -0.4 is 4.67 Å². The van der Waals surface area contributed by atoms with Gasteiger partial charge < -0.3 is 10.2 Å². The van der Waals surface area contributed by atoms with E-state index in [1.165, 1.54) is 24.5 Å².